The zero-order valence-electron chi connectivity index (χ0n) is 13.9. The zero-order valence-corrected chi connectivity index (χ0v) is 16.1. The van der Waals surface area contributed by atoms with Crippen LogP contribution in [0.3, 0.4) is 0 Å². The summed E-state index contributed by atoms with van der Waals surface area (Å²) in [6.07, 6.45) is 9.93. The van der Waals surface area contributed by atoms with Gasteiger partial charge in [0.05, 0.1) is 16.7 Å². The molecule has 2 atom stereocenters. The van der Waals surface area contributed by atoms with Crippen molar-refractivity contribution in [2.75, 3.05) is 24.6 Å². The van der Waals surface area contributed by atoms with Crippen molar-refractivity contribution in [3.8, 4) is 6.07 Å². The summed E-state index contributed by atoms with van der Waals surface area (Å²) in [6.45, 7) is 2.28. The van der Waals surface area contributed by atoms with E-state index in [0.29, 0.717) is 18.3 Å². The van der Waals surface area contributed by atoms with Crippen LogP contribution in [0.4, 0.5) is 5.82 Å². The summed E-state index contributed by atoms with van der Waals surface area (Å²) in [5.74, 6) is 1.04. The summed E-state index contributed by atoms with van der Waals surface area (Å²) in [6, 6.07) is 2.04. The van der Waals surface area contributed by atoms with Crippen molar-refractivity contribution in [1.82, 2.24) is 4.98 Å². The van der Waals surface area contributed by atoms with E-state index in [9.17, 15) is 5.26 Å². The maximum absolute atomic E-state index is 9.38. The first kappa shape index (κ1) is 18.8. The third kappa shape index (κ3) is 4.41. The van der Waals surface area contributed by atoms with Crippen LogP contribution in [0.15, 0.2) is 12.2 Å². The molecular formula is C18H20Cl3N3O. The van der Waals surface area contributed by atoms with Gasteiger partial charge in [-0.3, -0.25) is 0 Å². The van der Waals surface area contributed by atoms with E-state index >= 15 is 0 Å². The Morgan fingerprint density at radius 2 is 2.04 bits per heavy atom. The highest BCUT2D eigenvalue weighted by Gasteiger charge is 2.27. The van der Waals surface area contributed by atoms with E-state index in [1.807, 2.05) is 6.07 Å². The molecule has 1 aliphatic carbocycles. The molecule has 1 aliphatic heterocycles. The molecule has 0 aromatic carbocycles. The number of hydrogen-bond donors (Lipinski definition) is 0. The standard InChI is InChI=1S/C18H20Cl3N3O/c19-15-14(9-22)16(20)18(23-17(15)21)24(11-13-7-4-8-25-13)10-12-5-2-1-3-6-12/h1-2,12-13H,3-8,10-11H2. The second-order valence-corrected chi connectivity index (χ2v) is 7.65. The molecular weight excluding hydrogens is 381 g/mol. The fraction of sp³-hybridized carbons (Fsp3) is 0.556. The lowest BCUT2D eigenvalue weighted by Gasteiger charge is -2.32. The van der Waals surface area contributed by atoms with E-state index in [1.54, 1.807) is 0 Å². The van der Waals surface area contributed by atoms with Crippen LogP contribution in [0.5, 0.6) is 0 Å². The summed E-state index contributed by atoms with van der Waals surface area (Å²) in [5.41, 5.74) is 0.180. The Hall–Kier alpha value is -0.990. The van der Waals surface area contributed by atoms with Gasteiger partial charge in [-0.2, -0.15) is 5.26 Å². The van der Waals surface area contributed by atoms with Crippen LogP contribution in [-0.4, -0.2) is 30.8 Å². The largest absolute Gasteiger partial charge is 0.376 e. The normalized spacial score (nSPS) is 22.8. The van der Waals surface area contributed by atoms with Crippen molar-refractivity contribution in [2.24, 2.45) is 5.92 Å². The molecule has 1 aromatic heterocycles. The Bertz CT molecular complexity index is 696. The minimum atomic E-state index is 0.107. The monoisotopic (exact) mass is 399 g/mol. The van der Waals surface area contributed by atoms with Gasteiger partial charge < -0.3 is 9.64 Å². The number of anilines is 1. The van der Waals surface area contributed by atoms with E-state index in [4.69, 9.17) is 39.5 Å². The van der Waals surface area contributed by atoms with Gasteiger partial charge in [-0.05, 0) is 38.0 Å². The van der Waals surface area contributed by atoms with Gasteiger partial charge in [0, 0.05) is 19.7 Å². The molecule has 25 heavy (non-hydrogen) atoms. The van der Waals surface area contributed by atoms with Crippen molar-refractivity contribution in [1.29, 1.82) is 5.26 Å². The Kier molecular flexibility index (Phi) is 6.46. The number of allylic oxidation sites excluding steroid dienone is 2. The molecule has 1 saturated heterocycles. The lowest BCUT2D eigenvalue weighted by Crippen LogP contribution is -2.37. The molecule has 2 unspecified atom stereocenters. The number of rotatable bonds is 5. The van der Waals surface area contributed by atoms with Gasteiger partial charge >= 0.3 is 0 Å². The molecule has 0 saturated carbocycles. The maximum Gasteiger partial charge on any atom is 0.151 e. The van der Waals surface area contributed by atoms with Crippen LogP contribution in [0.25, 0.3) is 0 Å². The summed E-state index contributed by atoms with van der Waals surface area (Å²) >= 11 is 18.7. The summed E-state index contributed by atoms with van der Waals surface area (Å²) in [4.78, 5) is 6.51. The highest BCUT2D eigenvalue weighted by atomic mass is 35.5. The predicted octanol–water partition coefficient (Wildman–Crippen LogP) is 5.26. The number of aromatic nitrogens is 1. The Morgan fingerprint density at radius 1 is 1.20 bits per heavy atom. The van der Waals surface area contributed by atoms with Gasteiger partial charge in [0.2, 0.25) is 0 Å². The van der Waals surface area contributed by atoms with Gasteiger partial charge in [0.1, 0.15) is 11.1 Å². The molecule has 3 rings (SSSR count). The maximum atomic E-state index is 9.38. The molecule has 0 amide bonds. The first-order valence-electron chi connectivity index (χ1n) is 8.56. The Labute approximate surface area is 163 Å². The fourth-order valence-electron chi connectivity index (χ4n) is 3.43. The molecule has 4 nitrogen and oxygen atoms in total. The van der Waals surface area contributed by atoms with E-state index in [2.05, 4.69) is 22.0 Å². The van der Waals surface area contributed by atoms with Gasteiger partial charge in [0.25, 0.3) is 0 Å². The second kappa shape index (κ2) is 8.60. The van der Waals surface area contributed by atoms with Crippen LogP contribution in [0.1, 0.15) is 37.7 Å². The van der Waals surface area contributed by atoms with Gasteiger partial charge in [-0.1, -0.05) is 47.0 Å². The van der Waals surface area contributed by atoms with Crippen LogP contribution in [0, 0.1) is 17.2 Å². The van der Waals surface area contributed by atoms with Crippen LogP contribution in [-0.2, 0) is 4.74 Å². The third-order valence-corrected chi connectivity index (χ3v) is 5.83. The number of ether oxygens (including phenoxy) is 1. The minimum Gasteiger partial charge on any atom is -0.376 e. The van der Waals surface area contributed by atoms with Crippen molar-refractivity contribution in [2.45, 2.75) is 38.2 Å². The van der Waals surface area contributed by atoms with Crippen molar-refractivity contribution >= 4 is 40.6 Å². The van der Waals surface area contributed by atoms with Crippen molar-refractivity contribution < 1.29 is 4.74 Å². The first-order chi connectivity index (χ1) is 12.1. The van der Waals surface area contributed by atoms with E-state index < -0.39 is 0 Å². The van der Waals surface area contributed by atoms with Gasteiger partial charge in [0.15, 0.2) is 11.0 Å². The third-order valence-electron chi connectivity index (χ3n) is 4.74. The van der Waals surface area contributed by atoms with Crippen LogP contribution < -0.4 is 4.90 Å². The lowest BCUT2D eigenvalue weighted by atomic mass is 9.93. The molecule has 1 fully saturated rings. The molecule has 2 aliphatic rings. The first-order valence-corrected chi connectivity index (χ1v) is 9.69. The topological polar surface area (TPSA) is 49.2 Å². The molecule has 134 valence electrons. The fourth-order valence-corrected chi connectivity index (χ4v) is 4.13. The van der Waals surface area contributed by atoms with Gasteiger partial charge in [-0.15, -0.1) is 0 Å². The Morgan fingerprint density at radius 3 is 2.68 bits per heavy atom. The number of nitriles is 1. The minimum absolute atomic E-state index is 0.107. The summed E-state index contributed by atoms with van der Waals surface area (Å²) in [7, 11) is 0. The van der Waals surface area contributed by atoms with Gasteiger partial charge in [-0.25, -0.2) is 4.98 Å². The zero-order chi connectivity index (χ0) is 17.8. The smallest absolute Gasteiger partial charge is 0.151 e. The SMILES string of the molecule is N#Cc1c(Cl)c(Cl)nc(N(CC2CC=CCC2)CC2CCCO2)c1Cl. The number of nitrogens with zero attached hydrogens (tertiary/aromatic N) is 3. The summed E-state index contributed by atoms with van der Waals surface area (Å²) in [5, 5.41) is 9.86. The van der Waals surface area contributed by atoms with E-state index in [-0.39, 0.29) is 26.9 Å². The lowest BCUT2D eigenvalue weighted by molar-refractivity contribution is 0.114. The average molecular weight is 401 g/mol. The molecule has 0 radical (unpaired) electrons. The Balaban J connectivity index is 1.91. The summed E-state index contributed by atoms with van der Waals surface area (Å²) < 4.78 is 5.79. The van der Waals surface area contributed by atoms with E-state index in [1.165, 1.54) is 0 Å². The highest BCUT2D eigenvalue weighted by molar-refractivity contribution is 6.44. The molecule has 7 heteroatoms. The molecule has 1 aromatic rings. The molecule has 0 bridgehead atoms. The van der Waals surface area contributed by atoms with Crippen molar-refractivity contribution in [3.05, 3.63) is 32.9 Å². The van der Waals surface area contributed by atoms with Crippen molar-refractivity contribution in [3.63, 3.8) is 0 Å². The number of pyridine rings is 1. The van der Waals surface area contributed by atoms with Crippen LogP contribution in [0.2, 0.25) is 15.2 Å². The number of hydrogen-bond acceptors (Lipinski definition) is 4. The molecule has 0 spiro atoms. The van der Waals surface area contributed by atoms with Crippen LogP contribution >= 0.6 is 34.8 Å². The molecule has 0 N–H and O–H groups in total. The predicted molar refractivity (Wildman–Crippen MR) is 102 cm³/mol. The second-order valence-electron chi connectivity index (χ2n) is 6.53. The quantitative estimate of drug-likeness (QED) is 0.500. The van der Waals surface area contributed by atoms with E-state index in [0.717, 1.165) is 45.3 Å². The average Bonchev–Trinajstić information content (AvgIpc) is 3.12. The number of halogens is 3. The highest BCUT2D eigenvalue weighted by Crippen LogP contribution is 2.37. The molecule has 2 heterocycles.